The van der Waals surface area contributed by atoms with Crippen LogP contribution >= 0.6 is 23.2 Å². The largest absolute Gasteiger partial charge is 0.501 e. The van der Waals surface area contributed by atoms with Crippen LogP contribution in [0.15, 0.2) is 89.5 Å². The van der Waals surface area contributed by atoms with Crippen LogP contribution in [0.2, 0.25) is 10.0 Å². The van der Waals surface area contributed by atoms with E-state index in [4.69, 9.17) is 23.2 Å². The minimum Gasteiger partial charge on any atom is -0.501 e. The highest BCUT2D eigenvalue weighted by Crippen LogP contribution is 2.36. The quantitative estimate of drug-likeness (QED) is 0.359. The van der Waals surface area contributed by atoms with Gasteiger partial charge in [-0.15, -0.1) is 0 Å². The van der Waals surface area contributed by atoms with Gasteiger partial charge in [0.05, 0.1) is 20.5 Å². The van der Waals surface area contributed by atoms with Crippen molar-refractivity contribution in [3.8, 4) is 0 Å². The van der Waals surface area contributed by atoms with Gasteiger partial charge >= 0.3 is 5.70 Å². The number of hydrogen-bond acceptors (Lipinski definition) is 4. The van der Waals surface area contributed by atoms with E-state index in [2.05, 4.69) is 9.70 Å². The monoisotopic (exact) mass is 460 g/mol. The second-order valence-corrected chi connectivity index (χ2v) is 8.74. The van der Waals surface area contributed by atoms with Gasteiger partial charge in [-0.1, -0.05) is 77.8 Å². The summed E-state index contributed by atoms with van der Waals surface area (Å²) in [7, 11) is -4.03. The van der Waals surface area contributed by atoms with E-state index in [0.717, 1.165) is 0 Å². The van der Waals surface area contributed by atoms with Crippen molar-refractivity contribution in [1.29, 1.82) is 5.39 Å². The lowest BCUT2D eigenvalue weighted by molar-refractivity contribution is 0.500. The number of sulfonamides is 1. The van der Waals surface area contributed by atoms with Crippen LogP contribution in [-0.2, 0) is 10.0 Å². The number of nitrogens with one attached hydrogen (secondary N) is 1. The zero-order chi connectivity index (χ0) is 21.7. The van der Waals surface area contributed by atoms with E-state index in [1.165, 1.54) is 24.3 Å². The van der Waals surface area contributed by atoms with Crippen LogP contribution in [0.25, 0.3) is 10.7 Å². The molecule has 152 valence electrons. The smallest absolute Gasteiger partial charge is 0.425 e. The minimum absolute atomic E-state index is 0.0125. The first kappa shape index (κ1) is 21.8. The molecule has 3 aromatic rings. The molecule has 0 amide bonds. The number of nitrogens with zero attached hydrogens (tertiary/aromatic N) is 2. The molecule has 0 radical (unpaired) electrons. The molecule has 30 heavy (non-hydrogen) atoms. The van der Waals surface area contributed by atoms with Gasteiger partial charge in [-0.2, -0.15) is 4.72 Å². The molecule has 6 nitrogen and oxygen atoms in total. The van der Waals surface area contributed by atoms with E-state index in [-0.39, 0.29) is 26.2 Å². The fourth-order valence-electron chi connectivity index (χ4n) is 2.84. The maximum atomic E-state index is 12.9. The van der Waals surface area contributed by atoms with Gasteiger partial charge in [0, 0.05) is 0 Å². The number of rotatable bonds is 6. The predicted molar refractivity (Wildman–Crippen MR) is 117 cm³/mol. The van der Waals surface area contributed by atoms with Crippen LogP contribution in [0.5, 0.6) is 0 Å². The van der Waals surface area contributed by atoms with Crippen molar-refractivity contribution in [2.24, 2.45) is 0 Å². The first-order chi connectivity index (χ1) is 14.3. The Hall–Kier alpha value is -2.89. The van der Waals surface area contributed by atoms with Crippen LogP contribution in [0.4, 0.5) is 0 Å². The minimum atomic E-state index is -4.03. The Morgan fingerprint density at radius 3 is 1.97 bits per heavy atom. The summed E-state index contributed by atoms with van der Waals surface area (Å²) in [6.07, 6.45) is 0. The molecular weight excluding hydrogens is 445 g/mol. The van der Waals surface area contributed by atoms with Crippen molar-refractivity contribution < 1.29 is 13.5 Å². The van der Waals surface area contributed by atoms with Crippen LogP contribution in [0, 0.1) is 5.39 Å². The van der Waals surface area contributed by atoms with Crippen molar-refractivity contribution >= 4 is 39.0 Å². The molecule has 0 spiro atoms. The summed E-state index contributed by atoms with van der Waals surface area (Å²) in [4.78, 5) is 3.20. The molecule has 0 aliphatic carbocycles. The highest BCUT2D eigenvalue weighted by atomic mass is 35.5. The third-order valence-electron chi connectivity index (χ3n) is 4.28. The molecule has 1 atom stereocenters. The van der Waals surface area contributed by atoms with Crippen molar-refractivity contribution in [1.82, 2.24) is 4.72 Å². The Bertz CT molecular complexity index is 1210. The van der Waals surface area contributed by atoms with E-state index in [0.29, 0.717) is 5.56 Å². The molecule has 0 bridgehead atoms. The standard InChI is InChI=1S/C21H15Cl2N3O3S/c22-16-12-7-13-17(23)18(16)21(27)20(25-24)19(14-8-3-1-4-9-14)26-30(28,29)15-10-5-2-6-11-15/h1-13,19,26H/p+1/b21-20+. The van der Waals surface area contributed by atoms with Crippen molar-refractivity contribution in [2.75, 3.05) is 0 Å². The summed E-state index contributed by atoms with van der Waals surface area (Å²) in [6.45, 7) is 0. The van der Waals surface area contributed by atoms with Gasteiger partial charge in [0.1, 0.15) is 0 Å². The Kier molecular flexibility index (Phi) is 6.75. The third-order valence-corrected chi connectivity index (χ3v) is 6.35. The lowest BCUT2D eigenvalue weighted by atomic mass is 10.0. The fraction of sp³-hybridized carbons (Fsp3) is 0.0476. The lowest BCUT2D eigenvalue weighted by Crippen LogP contribution is -2.30. The summed E-state index contributed by atoms with van der Waals surface area (Å²) >= 11 is 12.3. The predicted octanol–water partition coefficient (Wildman–Crippen LogP) is 5.79. The normalized spacial score (nSPS) is 13.2. The number of aliphatic hydroxyl groups is 1. The van der Waals surface area contributed by atoms with E-state index in [1.54, 1.807) is 54.6 Å². The van der Waals surface area contributed by atoms with Gasteiger partial charge in [0.25, 0.3) is 0 Å². The number of halogens is 2. The van der Waals surface area contributed by atoms with E-state index in [1.807, 2.05) is 0 Å². The topological polar surface area (TPSA) is 94.5 Å². The SMILES string of the molecule is N#[N+]/C(=C(/O)c1c(Cl)cccc1Cl)C(NS(=O)(=O)c1ccccc1)c1ccccc1. The second-order valence-electron chi connectivity index (χ2n) is 6.21. The number of hydrogen-bond donors (Lipinski definition) is 2. The zero-order valence-corrected chi connectivity index (χ0v) is 17.7. The average Bonchev–Trinajstić information content (AvgIpc) is 2.74. The summed E-state index contributed by atoms with van der Waals surface area (Å²) in [5.41, 5.74) is 0.0868. The highest BCUT2D eigenvalue weighted by Gasteiger charge is 2.37. The molecule has 0 aliphatic rings. The number of aliphatic hydroxyl groups excluding tert-OH is 1. The molecule has 0 aliphatic heterocycles. The van der Waals surface area contributed by atoms with E-state index in [9.17, 15) is 18.9 Å². The Balaban J connectivity index is 2.18. The average molecular weight is 461 g/mol. The van der Waals surface area contributed by atoms with Gasteiger partial charge in [-0.3, -0.25) is 0 Å². The summed E-state index contributed by atoms with van der Waals surface area (Å²) in [5.74, 6) is -0.558. The molecule has 2 N–H and O–H groups in total. The zero-order valence-electron chi connectivity index (χ0n) is 15.4. The summed E-state index contributed by atoms with van der Waals surface area (Å²) in [6, 6.07) is 19.4. The third kappa shape index (κ3) is 4.64. The molecule has 0 saturated carbocycles. The van der Waals surface area contributed by atoms with Crippen molar-refractivity contribution in [3.63, 3.8) is 0 Å². The van der Waals surface area contributed by atoms with Crippen LogP contribution < -0.4 is 4.72 Å². The molecular formula is C21H16Cl2N3O3S+. The molecule has 0 fully saturated rings. The van der Waals surface area contributed by atoms with Gasteiger partial charge in [0.15, 0.2) is 11.0 Å². The van der Waals surface area contributed by atoms with Crippen LogP contribution in [0.3, 0.4) is 0 Å². The molecule has 0 aromatic heterocycles. The van der Waals surface area contributed by atoms with Crippen molar-refractivity contribution in [2.45, 2.75) is 10.9 Å². The Morgan fingerprint density at radius 1 is 0.900 bits per heavy atom. The maximum absolute atomic E-state index is 12.9. The van der Waals surface area contributed by atoms with Gasteiger partial charge in [-0.25, -0.2) is 8.42 Å². The Morgan fingerprint density at radius 2 is 1.43 bits per heavy atom. The molecule has 1 unspecified atom stereocenters. The lowest BCUT2D eigenvalue weighted by Gasteiger charge is -2.15. The maximum Gasteiger partial charge on any atom is 0.425 e. The van der Waals surface area contributed by atoms with E-state index < -0.39 is 21.8 Å². The molecule has 0 saturated heterocycles. The summed E-state index contributed by atoms with van der Waals surface area (Å²) in [5, 5.41) is 20.8. The first-order valence-corrected chi connectivity index (χ1v) is 10.9. The number of diazo groups is 1. The molecule has 9 heteroatoms. The van der Waals surface area contributed by atoms with Gasteiger partial charge in [0.2, 0.25) is 21.2 Å². The summed E-state index contributed by atoms with van der Waals surface area (Å²) < 4.78 is 28.4. The fourth-order valence-corrected chi connectivity index (χ4v) is 4.63. The van der Waals surface area contributed by atoms with E-state index >= 15 is 0 Å². The van der Waals surface area contributed by atoms with Crippen LogP contribution in [-0.4, -0.2) is 13.5 Å². The van der Waals surface area contributed by atoms with Crippen molar-refractivity contribution in [3.05, 3.63) is 111 Å². The molecule has 3 rings (SSSR count). The molecule has 3 aromatic carbocycles. The Labute approximate surface area is 184 Å². The highest BCUT2D eigenvalue weighted by molar-refractivity contribution is 7.89. The van der Waals surface area contributed by atoms with Crippen LogP contribution in [0.1, 0.15) is 17.2 Å². The van der Waals surface area contributed by atoms with Gasteiger partial charge < -0.3 is 5.11 Å². The number of benzene rings is 3. The first-order valence-electron chi connectivity index (χ1n) is 8.70. The molecule has 0 heterocycles. The second kappa shape index (κ2) is 9.28. The van der Waals surface area contributed by atoms with Gasteiger partial charge in [-0.05, 0) is 29.8 Å².